The lowest BCUT2D eigenvalue weighted by Gasteiger charge is -2.39. The summed E-state index contributed by atoms with van der Waals surface area (Å²) < 4.78 is 0. The monoisotopic (exact) mass is 446 g/mol. The van der Waals surface area contributed by atoms with Crippen LogP contribution in [0.2, 0.25) is 0 Å². The Bertz CT molecular complexity index is 949. The average Bonchev–Trinajstić information content (AvgIpc) is 2.73. The van der Waals surface area contributed by atoms with Gasteiger partial charge in [-0.2, -0.15) is 0 Å². The molecule has 1 aromatic heterocycles. The summed E-state index contributed by atoms with van der Waals surface area (Å²) in [4.78, 5) is 36.4. The molecule has 2 amide bonds. The summed E-state index contributed by atoms with van der Waals surface area (Å²) in [5, 5.41) is 15.2. The van der Waals surface area contributed by atoms with Crippen LogP contribution in [0.15, 0.2) is 30.6 Å². The highest BCUT2D eigenvalue weighted by molar-refractivity contribution is 5.94. The smallest absolute Gasteiger partial charge is 0.405 e. The van der Waals surface area contributed by atoms with Crippen LogP contribution in [0.4, 0.5) is 16.4 Å². The van der Waals surface area contributed by atoms with Crippen LogP contribution in [0, 0.1) is 0 Å². The minimum Gasteiger partial charge on any atom is -0.465 e. The van der Waals surface area contributed by atoms with Crippen LogP contribution in [-0.4, -0.2) is 59.3 Å². The van der Waals surface area contributed by atoms with Crippen LogP contribution in [0.3, 0.4) is 0 Å². The number of halogens is 1. The molecule has 9 nitrogen and oxygen atoms in total. The van der Waals surface area contributed by atoms with E-state index in [0.29, 0.717) is 12.4 Å². The van der Waals surface area contributed by atoms with Crippen molar-refractivity contribution in [1.82, 2.24) is 20.6 Å². The maximum Gasteiger partial charge on any atom is 0.405 e. The molecule has 2 aromatic rings. The van der Waals surface area contributed by atoms with Crippen molar-refractivity contribution in [2.45, 2.75) is 32.4 Å². The van der Waals surface area contributed by atoms with Crippen LogP contribution in [0.1, 0.15) is 31.9 Å². The molecular formula is C21H27ClN6O3. The molecule has 0 spiro atoms. The number of fused-ring (bicyclic) bond motifs is 1. The van der Waals surface area contributed by atoms with Crippen LogP contribution < -0.4 is 20.4 Å². The van der Waals surface area contributed by atoms with Gasteiger partial charge in [-0.15, -0.1) is 12.4 Å². The Morgan fingerprint density at radius 2 is 1.84 bits per heavy atom. The van der Waals surface area contributed by atoms with Crippen molar-refractivity contribution in [2.24, 2.45) is 0 Å². The number of aromatic nitrogens is 2. The number of piperazine rings is 1. The maximum absolute atomic E-state index is 12.2. The Morgan fingerprint density at radius 1 is 1.16 bits per heavy atom. The van der Waals surface area contributed by atoms with E-state index in [1.165, 1.54) is 6.92 Å². The lowest BCUT2D eigenvalue weighted by atomic mass is 9.89. The van der Waals surface area contributed by atoms with Crippen molar-refractivity contribution >= 4 is 36.0 Å². The van der Waals surface area contributed by atoms with E-state index in [1.54, 1.807) is 17.3 Å². The average molecular weight is 447 g/mol. The minimum absolute atomic E-state index is 0. The molecule has 0 saturated carbocycles. The molecule has 0 aliphatic carbocycles. The molecule has 0 bridgehead atoms. The summed E-state index contributed by atoms with van der Waals surface area (Å²) in [7, 11) is 0. The third-order valence-corrected chi connectivity index (χ3v) is 5.69. The number of nitrogens with one attached hydrogen (secondary N) is 2. The molecule has 166 valence electrons. The number of carbonyl (C=O) groups is 2. The highest BCUT2D eigenvalue weighted by Crippen LogP contribution is 2.39. The minimum atomic E-state index is -1.08. The summed E-state index contributed by atoms with van der Waals surface area (Å²) in [6.07, 6.45) is 3.02. The van der Waals surface area contributed by atoms with Gasteiger partial charge < -0.3 is 25.5 Å². The number of anilines is 2. The molecule has 2 aliphatic heterocycles. The van der Waals surface area contributed by atoms with E-state index in [9.17, 15) is 14.7 Å². The first kappa shape index (κ1) is 22.8. The van der Waals surface area contributed by atoms with Crippen molar-refractivity contribution in [3.63, 3.8) is 0 Å². The Morgan fingerprint density at radius 3 is 2.45 bits per heavy atom. The predicted molar refractivity (Wildman–Crippen MR) is 121 cm³/mol. The van der Waals surface area contributed by atoms with Crippen molar-refractivity contribution in [1.29, 1.82) is 0 Å². The number of carbonyl (C=O) groups excluding carboxylic acids is 1. The third-order valence-electron chi connectivity index (χ3n) is 5.69. The molecule has 4 rings (SSSR count). The number of hydrogen-bond donors (Lipinski definition) is 3. The fourth-order valence-corrected chi connectivity index (χ4v) is 4.31. The topological polar surface area (TPSA) is 111 Å². The molecule has 3 heterocycles. The van der Waals surface area contributed by atoms with Gasteiger partial charge in [-0.3, -0.25) is 4.79 Å². The fourth-order valence-electron chi connectivity index (χ4n) is 4.31. The summed E-state index contributed by atoms with van der Waals surface area (Å²) in [6.45, 7) is 7.04. The molecule has 1 aromatic carbocycles. The van der Waals surface area contributed by atoms with Crippen molar-refractivity contribution in [2.75, 3.05) is 36.0 Å². The summed E-state index contributed by atoms with van der Waals surface area (Å²) >= 11 is 0. The summed E-state index contributed by atoms with van der Waals surface area (Å²) in [5.74, 6) is 0.647. The second-order valence-corrected chi connectivity index (χ2v) is 7.76. The fraction of sp³-hybridized carbons (Fsp3) is 0.429. The Hall–Kier alpha value is -2.91. The van der Waals surface area contributed by atoms with Gasteiger partial charge in [0.05, 0.1) is 6.04 Å². The number of amides is 2. The number of rotatable bonds is 3. The van der Waals surface area contributed by atoms with E-state index in [2.05, 4.69) is 25.5 Å². The van der Waals surface area contributed by atoms with E-state index in [-0.39, 0.29) is 30.4 Å². The van der Waals surface area contributed by atoms with Gasteiger partial charge in [0.1, 0.15) is 0 Å². The van der Waals surface area contributed by atoms with Gasteiger partial charge in [0.25, 0.3) is 0 Å². The Kier molecular flexibility index (Phi) is 6.97. The molecule has 1 saturated heterocycles. The van der Waals surface area contributed by atoms with Crippen LogP contribution in [0.5, 0.6) is 0 Å². The number of carboxylic acid groups (broad SMARTS) is 1. The van der Waals surface area contributed by atoms with Gasteiger partial charge >= 0.3 is 6.09 Å². The zero-order chi connectivity index (χ0) is 21.3. The standard InChI is InChI=1S/C21H26N6O3.ClH/c1-13-9-18(25-21(29)30)17-10-15(3-4-19(17)27(13)14(2)28)16-11-23-20(24-12-16)26-7-5-22-6-8-26;/h3-4,10-13,18,22,25H,5-9H2,1-2H3,(H,29,30);1H/t13-,18+;/m1./s1. The Balaban J connectivity index is 0.00000272. The molecule has 2 aliphatic rings. The summed E-state index contributed by atoms with van der Waals surface area (Å²) in [6, 6.07) is 5.25. The zero-order valence-corrected chi connectivity index (χ0v) is 18.4. The normalized spacial score (nSPS) is 20.5. The van der Waals surface area contributed by atoms with E-state index >= 15 is 0 Å². The van der Waals surface area contributed by atoms with Crippen LogP contribution >= 0.6 is 12.4 Å². The number of nitrogens with zero attached hydrogens (tertiary/aromatic N) is 4. The molecule has 10 heteroatoms. The predicted octanol–water partition coefficient (Wildman–Crippen LogP) is 2.43. The first-order chi connectivity index (χ1) is 14.4. The van der Waals surface area contributed by atoms with E-state index < -0.39 is 6.09 Å². The van der Waals surface area contributed by atoms with Gasteiger partial charge in [0.2, 0.25) is 11.9 Å². The van der Waals surface area contributed by atoms with Crippen molar-refractivity contribution in [3.8, 4) is 11.1 Å². The first-order valence-corrected chi connectivity index (χ1v) is 10.2. The van der Waals surface area contributed by atoms with Gasteiger partial charge in [-0.05, 0) is 36.6 Å². The van der Waals surface area contributed by atoms with E-state index in [4.69, 9.17) is 0 Å². The second kappa shape index (κ2) is 9.49. The SMILES string of the molecule is CC(=O)N1c2ccc(-c3cnc(N4CCNCC4)nc3)cc2[C@@H](NC(=O)O)C[C@H]1C.Cl. The molecule has 1 fully saturated rings. The third kappa shape index (κ3) is 4.72. The Labute approximate surface area is 187 Å². The number of hydrogen-bond acceptors (Lipinski definition) is 6. The maximum atomic E-state index is 12.2. The number of benzene rings is 1. The van der Waals surface area contributed by atoms with Gasteiger partial charge in [-0.1, -0.05) is 6.07 Å². The van der Waals surface area contributed by atoms with E-state index in [1.807, 2.05) is 25.1 Å². The molecule has 3 N–H and O–H groups in total. The van der Waals surface area contributed by atoms with Gasteiger partial charge in [0, 0.05) is 62.8 Å². The highest BCUT2D eigenvalue weighted by Gasteiger charge is 2.33. The zero-order valence-electron chi connectivity index (χ0n) is 17.5. The molecular weight excluding hydrogens is 420 g/mol. The lowest BCUT2D eigenvalue weighted by molar-refractivity contribution is -0.117. The van der Waals surface area contributed by atoms with Crippen molar-refractivity contribution in [3.05, 3.63) is 36.2 Å². The summed E-state index contributed by atoms with van der Waals surface area (Å²) in [5.41, 5.74) is 3.26. The largest absolute Gasteiger partial charge is 0.465 e. The molecule has 31 heavy (non-hydrogen) atoms. The van der Waals surface area contributed by atoms with Gasteiger partial charge in [-0.25, -0.2) is 14.8 Å². The lowest BCUT2D eigenvalue weighted by Crippen LogP contribution is -2.45. The molecule has 0 unspecified atom stereocenters. The highest BCUT2D eigenvalue weighted by atomic mass is 35.5. The van der Waals surface area contributed by atoms with Crippen LogP contribution in [-0.2, 0) is 4.79 Å². The quantitative estimate of drug-likeness (QED) is 0.664. The van der Waals surface area contributed by atoms with Crippen LogP contribution in [0.25, 0.3) is 11.1 Å². The molecule has 0 radical (unpaired) electrons. The second-order valence-electron chi connectivity index (χ2n) is 7.76. The first-order valence-electron chi connectivity index (χ1n) is 10.2. The molecule has 2 atom stereocenters. The van der Waals surface area contributed by atoms with Crippen molar-refractivity contribution < 1.29 is 14.7 Å². The van der Waals surface area contributed by atoms with E-state index in [0.717, 1.165) is 48.6 Å². The van der Waals surface area contributed by atoms with Gasteiger partial charge in [0.15, 0.2) is 0 Å².